The molecule has 54 heavy (non-hydrogen) atoms. The maximum absolute atomic E-state index is 11.1. The van der Waals surface area contributed by atoms with Crippen LogP contribution in [0.25, 0.3) is 77.2 Å². The molecule has 0 N–H and O–H groups in total. The van der Waals surface area contributed by atoms with Crippen LogP contribution in [0.4, 0.5) is 0 Å². The van der Waals surface area contributed by atoms with Crippen LogP contribution in [0.3, 0.4) is 0 Å². The average molecular weight is 691 g/mol. The van der Waals surface area contributed by atoms with E-state index < -0.39 is 0 Å². The van der Waals surface area contributed by atoms with E-state index in [0.29, 0.717) is 16.8 Å². The highest BCUT2D eigenvalue weighted by atomic mass is 15.0. The number of hydrogen-bond donors (Lipinski definition) is 0. The van der Waals surface area contributed by atoms with Crippen LogP contribution in [0.2, 0.25) is 0 Å². The smallest absolute Gasteiger partial charge is 0.101 e. The van der Waals surface area contributed by atoms with Gasteiger partial charge in [-0.25, -0.2) is 0 Å². The molecule has 7 aromatic carbocycles. The van der Waals surface area contributed by atoms with Crippen molar-refractivity contribution in [3.05, 3.63) is 167 Å². The highest BCUT2D eigenvalue weighted by Crippen LogP contribution is 2.55. The van der Waals surface area contributed by atoms with Gasteiger partial charge in [-0.15, -0.1) is 0 Å². The van der Waals surface area contributed by atoms with Crippen molar-refractivity contribution in [1.29, 1.82) is 10.5 Å². The minimum atomic E-state index is -0.301. The second-order valence-electron chi connectivity index (χ2n) is 15.9. The first-order valence-corrected chi connectivity index (χ1v) is 18.6. The summed E-state index contributed by atoms with van der Waals surface area (Å²) in [6.45, 7) is 9.20. The van der Waals surface area contributed by atoms with E-state index in [2.05, 4.69) is 164 Å². The zero-order chi connectivity index (χ0) is 36.7. The lowest BCUT2D eigenvalue weighted by Crippen LogP contribution is -2.17. The maximum atomic E-state index is 11.1. The summed E-state index contributed by atoms with van der Waals surface area (Å²) in [5.41, 5.74) is 15.9. The predicted molar refractivity (Wildman–Crippen MR) is 220 cm³/mol. The molecule has 0 aliphatic heterocycles. The van der Waals surface area contributed by atoms with Gasteiger partial charge in [0.25, 0.3) is 0 Å². The molecular weight excluding hydrogens is 657 g/mol. The van der Waals surface area contributed by atoms with Crippen LogP contribution in [0.15, 0.2) is 133 Å². The zero-order valence-corrected chi connectivity index (χ0v) is 30.5. The topological polar surface area (TPSA) is 57.4 Å². The molecule has 2 aliphatic rings. The Hall–Kier alpha value is -6.88. The molecule has 254 valence electrons. The first-order chi connectivity index (χ1) is 26.3. The molecule has 0 saturated carbocycles. The molecule has 0 spiro atoms. The molecule has 2 heterocycles. The van der Waals surface area contributed by atoms with E-state index in [0.717, 1.165) is 49.3 Å². The molecule has 0 bridgehead atoms. The Morgan fingerprint density at radius 2 is 0.870 bits per heavy atom. The largest absolute Gasteiger partial charge is 0.309 e. The summed E-state index contributed by atoms with van der Waals surface area (Å²) in [5, 5.41) is 26.8. The van der Waals surface area contributed by atoms with Crippen LogP contribution in [0.1, 0.15) is 61.1 Å². The molecule has 2 aromatic heterocycles. The molecule has 0 saturated heterocycles. The molecule has 4 nitrogen and oxygen atoms in total. The summed E-state index contributed by atoms with van der Waals surface area (Å²) in [4.78, 5) is 0. The number of nitriles is 2. The monoisotopic (exact) mass is 690 g/mol. The van der Waals surface area contributed by atoms with E-state index in [1.807, 2.05) is 18.2 Å². The zero-order valence-electron chi connectivity index (χ0n) is 30.5. The average Bonchev–Trinajstić information content (AvgIpc) is 3.86. The molecule has 0 fully saturated rings. The Bertz CT molecular complexity index is 3210. The molecular formula is C50H34N4. The van der Waals surface area contributed by atoms with Gasteiger partial charge in [-0.1, -0.05) is 137 Å². The van der Waals surface area contributed by atoms with Crippen molar-refractivity contribution >= 4 is 43.6 Å². The third kappa shape index (κ3) is 3.65. The molecule has 0 unspecified atom stereocenters. The third-order valence-electron chi connectivity index (χ3n) is 12.5. The summed E-state index contributed by atoms with van der Waals surface area (Å²) in [6, 6.07) is 52.4. The van der Waals surface area contributed by atoms with Gasteiger partial charge in [0, 0.05) is 38.1 Å². The second kappa shape index (κ2) is 10.4. The SMILES string of the molecule is CC1(C)c2ccccc2-c2ccc3c4ccccc4n(-c4cc(C#N)c(-n5c6ccccc6c6ccc7c(c65)C(C)(C)c5ccccc5-7)c(C#N)c4)c3c21. The van der Waals surface area contributed by atoms with Gasteiger partial charge >= 0.3 is 0 Å². The molecule has 4 heteroatoms. The molecule has 9 aromatic rings. The Morgan fingerprint density at radius 1 is 0.444 bits per heavy atom. The summed E-state index contributed by atoms with van der Waals surface area (Å²) < 4.78 is 4.51. The van der Waals surface area contributed by atoms with Gasteiger partial charge in [0.05, 0.1) is 38.9 Å². The van der Waals surface area contributed by atoms with Crippen LogP contribution in [-0.4, -0.2) is 9.13 Å². The standard InChI is InChI=1S/C50H34N4/c1-49(2)40-17-9-5-13-32(40)36-21-23-38-34-15-7-11-19-42(34)53(47(38)44(36)49)31-25-29(27-51)46(30(26-31)28-52)54-43-20-12-8-16-35(43)39-24-22-37-33-14-6-10-18-41(33)50(3,4)45(37)48(39)54/h5-26H,1-4H3. The van der Waals surface area contributed by atoms with Crippen LogP contribution in [-0.2, 0) is 10.8 Å². The molecule has 0 atom stereocenters. The number of aromatic nitrogens is 2. The summed E-state index contributed by atoms with van der Waals surface area (Å²) in [5.74, 6) is 0. The number of fused-ring (bicyclic) bond motifs is 14. The molecule has 2 aliphatic carbocycles. The first kappa shape index (κ1) is 30.7. The van der Waals surface area contributed by atoms with Gasteiger partial charge in [-0.2, -0.15) is 10.5 Å². The third-order valence-corrected chi connectivity index (χ3v) is 12.5. The lowest BCUT2D eigenvalue weighted by molar-refractivity contribution is 0.663. The van der Waals surface area contributed by atoms with Gasteiger partial charge in [0.2, 0.25) is 0 Å². The van der Waals surface area contributed by atoms with E-state index >= 15 is 0 Å². The number of hydrogen-bond acceptors (Lipinski definition) is 2. The van der Waals surface area contributed by atoms with Gasteiger partial charge < -0.3 is 9.13 Å². The maximum Gasteiger partial charge on any atom is 0.101 e. The fraction of sp³-hybridized carbons (Fsp3) is 0.120. The highest BCUT2D eigenvalue weighted by Gasteiger charge is 2.40. The number of benzene rings is 7. The van der Waals surface area contributed by atoms with Crippen molar-refractivity contribution in [1.82, 2.24) is 9.13 Å². The van der Waals surface area contributed by atoms with E-state index in [1.54, 1.807) is 0 Å². The molecule has 11 rings (SSSR count). The minimum Gasteiger partial charge on any atom is -0.309 e. The second-order valence-corrected chi connectivity index (χ2v) is 15.9. The Balaban J connectivity index is 1.26. The normalized spacial score (nSPS) is 14.6. The van der Waals surface area contributed by atoms with Crippen LogP contribution < -0.4 is 0 Å². The minimum absolute atomic E-state index is 0.263. The molecule has 0 amide bonds. The van der Waals surface area contributed by atoms with Crippen LogP contribution >= 0.6 is 0 Å². The van der Waals surface area contributed by atoms with E-state index in [9.17, 15) is 10.5 Å². The lowest BCUT2D eigenvalue weighted by atomic mass is 9.81. The van der Waals surface area contributed by atoms with Gasteiger partial charge in [-0.05, 0) is 68.8 Å². The number of rotatable bonds is 2. The van der Waals surface area contributed by atoms with Gasteiger partial charge in [0.15, 0.2) is 0 Å². The Kier molecular flexibility index (Phi) is 5.90. The fourth-order valence-corrected chi connectivity index (χ4v) is 10.3. The van der Waals surface area contributed by atoms with Crippen LogP contribution in [0.5, 0.6) is 0 Å². The lowest BCUT2D eigenvalue weighted by Gasteiger charge is -2.25. The highest BCUT2D eigenvalue weighted by molar-refractivity contribution is 6.15. The number of nitrogens with zero attached hydrogens (tertiary/aromatic N) is 4. The van der Waals surface area contributed by atoms with Crippen molar-refractivity contribution in [3.63, 3.8) is 0 Å². The van der Waals surface area contributed by atoms with E-state index in [1.165, 1.54) is 44.5 Å². The fourth-order valence-electron chi connectivity index (χ4n) is 10.3. The molecule has 0 radical (unpaired) electrons. The summed E-state index contributed by atoms with van der Waals surface area (Å²) in [6.07, 6.45) is 0. The summed E-state index contributed by atoms with van der Waals surface area (Å²) >= 11 is 0. The van der Waals surface area contributed by atoms with Crippen molar-refractivity contribution < 1.29 is 0 Å². The Labute approximate surface area is 313 Å². The Morgan fingerprint density at radius 3 is 1.37 bits per heavy atom. The van der Waals surface area contributed by atoms with Crippen LogP contribution in [0, 0.1) is 22.7 Å². The number of para-hydroxylation sites is 2. The van der Waals surface area contributed by atoms with Crippen molar-refractivity contribution in [3.8, 4) is 45.8 Å². The van der Waals surface area contributed by atoms with Crippen molar-refractivity contribution in [2.45, 2.75) is 38.5 Å². The van der Waals surface area contributed by atoms with E-state index in [-0.39, 0.29) is 10.8 Å². The van der Waals surface area contributed by atoms with Crippen molar-refractivity contribution in [2.24, 2.45) is 0 Å². The van der Waals surface area contributed by atoms with Crippen molar-refractivity contribution in [2.75, 3.05) is 0 Å². The van der Waals surface area contributed by atoms with Gasteiger partial charge in [-0.3, -0.25) is 0 Å². The first-order valence-electron chi connectivity index (χ1n) is 18.6. The summed E-state index contributed by atoms with van der Waals surface area (Å²) in [7, 11) is 0. The quantitative estimate of drug-likeness (QED) is 0.181. The van der Waals surface area contributed by atoms with Gasteiger partial charge in [0.1, 0.15) is 12.1 Å². The van der Waals surface area contributed by atoms with E-state index in [4.69, 9.17) is 0 Å². The predicted octanol–water partition coefficient (Wildman–Crippen LogP) is 12.2.